The SMILES string of the molecule is CN1C(=O)C=C2NC(=O)N3CCC21CC3. The molecule has 4 aliphatic rings. The Morgan fingerprint density at radius 1 is 1.33 bits per heavy atom. The van der Waals surface area contributed by atoms with Crippen LogP contribution in [0.5, 0.6) is 0 Å². The molecule has 1 spiro atoms. The zero-order valence-corrected chi connectivity index (χ0v) is 8.62. The van der Waals surface area contributed by atoms with Gasteiger partial charge in [-0.25, -0.2) is 4.79 Å². The summed E-state index contributed by atoms with van der Waals surface area (Å²) in [6.45, 7) is 1.47. The standard InChI is InChI=1S/C10H13N3O2/c1-12-8(14)6-7-10(12)2-4-13(5-3-10)9(15)11-7/h6H,2-5H2,1H3,(H,11,15). The van der Waals surface area contributed by atoms with E-state index in [1.54, 1.807) is 11.0 Å². The van der Waals surface area contributed by atoms with Gasteiger partial charge in [0.05, 0.1) is 11.2 Å². The number of carbonyl (C=O) groups is 2. The lowest BCUT2D eigenvalue weighted by Crippen LogP contribution is -2.51. The van der Waals surface area contributed by atoms with Gasteiger partial charge in [-0.1, -0.05) is 0 Å². The van der Waals surface area contributed by atoms with E-state index in [4.69, 9.17) is 0 Å². The lowest BCUT2D eigenvalue weighted by Gasteiger charge is -2.40. The fraction of sp³-hybridized carbons (Fsp3) is 0.600. The van der Waals surface area contributed by atoms with Crippen molar-refractivity contribution in [3.8, 4) is 0 Å². The van der Waals surface area contributed by atoms with Gasteiger partial charge in [0.2, 0.25) is 5.91 Å². The Morgan fingerprint density at radius 2 is 2.00 bits per heavy atom. The van der Waals surface area contributed by atoms with Crippen LogP contribution in [0.25, 0.3) is 0 Å². The van der Waals surface area contributed by atoms with Gasteiger partial charge in [-0.05, 0) is 12.8 Å². The van der Waals surface area contributed by atoms with Gasteiger partial charge < -0.3 is 15.1 Å². The molecule has 0 aromatic heterocycles. The van der Waals surface area contributed by atoms with Gasteiger partial charge in [-0.2, -0.15) is 0 Å². The minimum absolute atomic E-state index is 0.000602. The van der Waals surface area contributed by atoms with Crippen molar-refractivity contribution in [3.05, 3.63) is 11.8 Å². The van der Waals surface area contributed by atoms with Crippen molar-refractivity contribution < 1.29 is 9.59 Å². The van der Waals surface area contributed by atoms with Gasteiger partial charge in [-0.3, -0.25) is 4.79 Å². The summed E-state index contributed by atoms with van der Waals surface area (Å²) in [5.74, 6) is 0.000602. The van der Waals surface area contributed by atoms with Crippen molar-refractivity contribution in [1.29, 1.82) is 0 Å². The second-order valence-corrected chi connectivity index (χ2v) is 4.40. The molecule has 3 amide bonds. The van der Waals surface area contributed by atoms with E-state index in [2.05, 4.69) is 5.32 Å². The van der Waals surface area contributed by atoms with Crippen molar-refractivity contribution in [2.24, 2.45) is 0 Å². The van der Waals surface area contributed by atoms with E-state index in [0.29, 0.717) is 0 Å². The first-order valence-electron chi connectivity index (χ1n) is 5.19. The summed E-state index contributed by atoms with van der Waals surface area (Å²) in [6.07, 6.45) is 3.26. The topological polar surface area (TPSA) is 52.7 Å². The smallest absolute Gasteiger partial charge is 0.321 e. The number of rotatable bonds is 0. The maximum Gasteiger partial charge on any atom is 0.321 e. The van der Waals surface area contributed by atoms with E-state index in [1.165, 1.54) is 0 Å². The fourth-order valence-electron chi connectivity index (χ4n) is 2.78. The Morgan fingerprint density at radius 3 is 2.67 bits per heavy atom. The first kappa shape index (κ1) is 8.76. The fourth-order valence-corrected chi connectivity index (χ4v) is 2.78. The molecule has 0 atom stereocenters. The molecule has 80 valence electrons. The Bertz CT molecular complexity index is 380. The molecule has 4 aliphatic heterocycles. The van der Waals surface area contributed by atoms with Crippen LogP contribution in [0.4, 0.5) is 4.79 Å². The van der Waals surface area contributed by atoms with Crippen molar-refractivity contribution in [2.45, 2.75) is 18.4 Å². The highest BCUT2D eigenvalue weighted by atomic mass is 16.2. The molecular weight excluding hydrogens is 194 g/mol. The molecule has 0 aliphatic carbocycles. The van der Waals surface area contributed by atoms with Crippen molar-refractivity contribution in [2.75, 3.05) is 20.1 Å². The zero-order valence-electron chi connectivity index (χ0n) is 8.62. The highest BCUT2D eigenvalue weighted by Gasteiger charge is 2.51. The lowest BCUT2D eigenvalue weighted by atomic mass is 9.86. The average molecular weight is 207 g/mol. The molecule has 3 saturated heterocycles. The highest BCUT2D eigenvalue weighted by molar-refractivity contribution is 5.94. The Hall–Kier alpha value is -1.52. The van der Waals surface area contributed by atoms with Gasteiger partial charge in [0, 0.05) is 26.2 Å². The van der Waals surface area contributed by atoms with Crippen LogP contribution >= 0.6 is 0 Å². The van der Waals surface area contributed by atoms with E-state index >= 15 is 0 Å². The predicted molar refractivity (Wildman–Crippen MR) is 52.9 cm³/mol. The van der Waals surface area contributed by atoms with Crippen LogP contribution in [0.15, 0.2) is 11.8 Å². The normalized spacial score (nSPS) is 27.4. The number of likely N-dealkylation sites (N-methyl/N-ethyl adjacent to an activating group) is 1. The zero-order chi connectivity index (χ0) is 10.6. The molecule has 5 heteroatoms. The van der Waals surface area contributed by atoms with Crippen LogP contribution in [-0.4, -0.2) is 47.4 Å². The molecule has 0 unspecified atom stereocenters. The minimum atomic E-state index is -0.236. The number of fused-ring (bicyclic) bond motifs is 3. The molecule has 0 aromatic rings. The maximum atomic E-state index is 11.7. The van der Waals surface area contributed by atoms with E-state index in [-0.39, 0.29) is 17.5 Å². The van der Waals surface area contributed by atoms with Gasteiger partial charge in [0.15, 0.2) is 0 Å². The summed E-state index contributed by atoms with van der Waals surface area (Å²) in [5, 5.41) is 2.84. The molecule has 0 radical (unpaired) electrons. The van der Waals surface area contributed by atoms with E-state index in [1.807, 2.05) is 11.9 Å². The second-order valence-electron chi connectivity index (χ2n) is 4.40. The highest BCUT2D eigenvalue weighted by Crippen LogP contribution is 2.39. The van der Waals surface area contributed by atoms with E-state index in [9.17, 15) is 9.59 Å². The van der Waals surface area contributed by atoms with Gasteiger partial charge >= 0.3 is 6.03 Å². The van der Waals surface area contributed by atoms with Crippen LogP contribution in [0.1, 0.15) is 12.8 Å². The third-order valence-electron chi connectivity index (χ3n) is 3.86. The average Bonchev–Trinajstić information content (AvgIpc) is 2.40. The first-order valence-corrected chi connectivity index (χ1v) is 5.19. The first-order chi connectivity index (χ1) is 7.13. The third-order valence-corrected chi connectivity index (χ3v) is 3.86. The van der Waals surface area contributed by atoms with Crippen molar-refractivity contribution in [1.82, 2.24) is 15.1 Å². The number of nitrogens with zero attached hydrogens (tertiary/aromatic N) is 2. The number of carbonyl (C=O) groups excluding carboxylic acids is 2. The summed E-state index contributed by atoms with van der Waals surface area (Å²) in [7, 11) is 1.82. The molecule has 0 aromatic carbocycles. The Kier molecular flexibility index (Phi) is 1.48. The molecule has 5 nitrogen and oxygen atoms in total. The van der Waals surface area contributed by atoms with Crippen molar-refractivity contribution in [3.63, 3.8) is 0 Å². The summed E-state index contributed by atoms with van der Waals surface area (Å²) < 4.78 is 0. The van der Waals surface area contributed by atoms with Crippen LogP contribution in [-0.2, 0) is 4.79 Å². The molecule has 1 N–H and O–H groups in total. The van der Waals surface area contributed by atoms with Crippen molar-refractivity contribution >= 4 is 11.9 Å². The van der Waals surface area contributed by atoms with Gasteiger partial charge in [0.25, 0.3) is 0 Å². The number of hydrogen-bond donors (Lipinski definition) is 1. The Balaban J connectivity index is 2.10. The van der Waals surface area contributed by atoms with Crippen LogP contribution in [0, 0.1) is 0 Å². The number of amides is 3. The van der Waals surface area contributed by atoms with Crippen LogP contribution in [0.2, 0.25) is 0 Å². The summed E-state index contributed by atoms with van der Waals surface area (Å²) in [6, 6.07) is -0.0660. The quantitative estimate of drug-likeness (QED) is 0.603. The molecule has 4 rings (SSSR count). The molecule has 0 saturated carbocycles. The Labute approximate surface area is 87.7 Å². The van der Waals surface area contributed by atoms with E-state index in [0.717, 1.165) is 31.6 Å². The van der Waals surface area contributed by atoms with Gasteiger partial charge in [0.1, 0.15) is 0 Å². The van der Waals surface area contributed by atoms with Crippen LogP contribution < -0.4 is 5.32 Å². The molecule has 15 heavy (non-hydrogen) atoms. The minimum Gasteiger partial charge on any atom is -0.331 e. The van der Waals surface area contributed by atoms with Gasteiger partial charge in [-0.15, -0.1) is 0 Å². The largest absolute Gasteiger partial charge is 0.331 e. The van der Waals surface area contributed by atoms with E-state index < -0.39 is 0 Å². The molecule has 3 fully saturated rings. The number of urea groups is 1. The molecular formula is C10H13N3O2. The second kappa shape index (κ2) is 2.53. The monoisotopic (exact) mass is 207 g/mol. The van der Waals surface area contributed by atoms with Crippen LogP contribution in [0.3, 0.4) is 0 Å². The molecule has 4 heterocycles. The number of nitrogens with one attached hydrogen (secondary N) is 1. The number of hydrogen-bond acceptors (Lipinski definition) is 2. The molecule has 2 bridgehead atoms. The third kappa shape index (κ3) is 0.926. The summed E-state index contributed by atoms with van der Waals surface area (Å²) >= 11 is 0. The number of piperidine rings is 1. The predicted octanol–water partition coefficient (Wildman–Crippen LogP) is -0.0999. The maximum absolute atomic E-state index is 11.7. The summed E-state index contributed by atoms with van der Waals surface area (Å²) in [5.41, 5.74) is 0.555. The lowest BCUT2D eigenvalue weighted by molar-refractivity contribution is -0.128. The summed E-state index contributed by atoms with van der Waals surface area (Å²) in [4.78, 5) is 26.9.